The molecule has 0 saturated carbocycles. The Hall–Kier alpha value is -1.44. The lowest BCUT2D eigenvalue weighted by Gasteiger charge is -2.39. The van der Waals surface area contributed by atoms with E-state index in [2.05, 4.69) is 7.05 Å². The van der Waals surface area contributed by atoms with Gasteiger partial charge in [-0.05, 0) is 26.8 Å². The third-order valence-electron chi connectivity index (χ3n) is 6.32. The molecule has 0 aromatic carbocycles. The van der Waals surface area contributed by atoms with E-state index in [0.29, 0.717) is 0 Å². The monoisotopic (exact) mass is 340 g/mol. The van der Waals surface area contributed by atoms with E-state index in [-0.39, 0.29) is 18.8 Å². The van der Waals surface area contributed by atoms with Gasteiger partial charge in [0, 0.05) is 12.0 Å². The minimum absolute atomic E-state index is 0.0337. The lowest BCUT2D eigenvalue weighted by atomic mass is 9.76. The van der Waals surface area contributed by atoms with E-state index in [1.165, 1.54) is 20.8 Å². The van der Waals surface area contributed by atoms with E-state index in [4.69, 9.17) is 9.47 Å². The summed E-state index contributed by atoms with van der Waals surface area (Å²) in [6.07, 6.45) is 2.44. The van der Waals surface area contributed by atoms with Crippen molar-refractivity contribution in [3.8, 4) is 0 Å². The van der Waals surface area contributed by atoms with Crippen LogP contribution in [0.2, 0.25) is 0 Å². The van der Waals surface area contributed by atoms with E-state index < -0.39 is 29.1 Å². The molecule has 0 spiro atoms. The molecule has 2 fully saturated rings. The van der Waals surface area contributed by atoms with Crippen molar-refractivity contribution >= 4 is 11.9 Å². The summed E-state index contributed by atoms with van der Waals surface area (Å²) in [5.41, 5.74) is -3.32. The molecule has 3 aliphatic heterocycles. The van der Waals surface area contributed by atoms with Gasteiger partial charge in [0.1, 0.15) is 12.2 Å². The van der Waals surface area contributed by atoms with Crippen molar-refractivity contribution in [1.82, 2.24) is 0 Å². The summed E-state index contributed by atoms with van der Waals surface area (Å²) in [4.78, 5) is 24.9. The highest BCUT2D eigenvalue weighted by Crippen LogP contribution is 2.39. The van der Waals surface area contributed by atoms with Crippen LogP contribution in [0.15, 0.2) is 11.6 Å². The third-order valence-corrected chi connectivity index (χ3v) is 6.32. The molecule has 2 N–H and O–H groups in total. The summed E-state index contributed by atoms with van der Waals surface area (Å²) in [5.74, 6) is -2.63. The first-order valence-electron chi connectivity index (χ1n) is 8.36. The van der Waals surface area contributed by atoms with E-state index >= 15 is 0 Å². The van der Waals surface area contributed by atoms with Crippen molar-refractivity contribution < 1.29 is 33.8 Å². The first-order chi connectivity index (χ1) is 11.0. The van der Waals surface area contributed by atoms with Crippen LogP contribution in [0.4, 0.5) is 0 Å². The zero-order chi connectivity index (χ0) is 17.9. The minimum Gasteiger partial charge on any atom is -0.459 e. The summed E-state index contributed by atoms with van der Waals surface area (Å²) >= 11 is 0. The van der Waals surface area contributed by atoms with Gasteiger partial charge in [-0.2, -0.15) is 0 Å². The van der Waals surface area contributed by atoms with Crippen LogP contribution in [-0.4, -0.2) is 76.7 Å². The Balaban J connectivity index is 1.99. The van der Waals surface area contributed by atoms with Gasteiger partial charge < -0.3 is 24.2 Å². The number of hydrogen-bond donors (Lipinski definition) is 2. The number of ether oxygens (including phenoxy) is 2. The SMILES string of the molecule is C[C@@H]1C(=O)O[C@@H]2CC[N+]3(C)CC=C(COC(=O)[C@@](C)(O)[C@@]1(C)O)[C@H]23. The number of likely N-dealkylation sites (N-methyl/N-ethyl adjacent to an activating group) is 1. The van der Waals surface area contributed by atoms with Gasteiger partial charge in [-0.25, -0.2) is 4.79 Å². The van der Waals surface area contributed by atoms with Gasteiger partial charge in [0.05, 0.1) is 26.1 Å². The molecule has 0 radical (unpaired) electrons. The van der Waals surface area contributed by atoms with Crippen molar-refractivity contribution in [2.75, 3.05) is 26.7 Å². The van der Waals surface area contributed by atoms with E-state index in [1.54, 1.807) is 0 Å². The summed E-state index contributed by atoms with van der Waals surface area (Å²) in [7, 11) is 2.10. The first-order valence-corrected chi connectivity index (χ1v) is 8.36. The predicted molar refractivity (Wildman–Crippen MR) is 83.7 cm³/mol. The number of carbonyl (C=O) groups is 2. The lowest BCUT2D eigenvalue weighted by molar-refractivity contribution is -0.906. The highest BCUT2D eigenvalue weighted by atomic mass is 16.6. The molecule has 0 bridgehead atoms. The molecule has 0 aliphatic carbocycles. The van der Waals surface area contributed by atoms with Gasteiger partial charge in [-0.1, -0.05) is 0 Å². The second-order valence-electron chi connectivity index (χ2n) is 7.89. The quantitative estimate of drug-likeness (QED) is 0.359. The van der Waals surface area contributed by atoms with Gasteiger partial charge in [0.2, 0.25) is 0 Å². The summed E-state index contributed by atoms with van der Waals surface area (Å²) in [6, 6.07) is -0.0399. The summed E-state index contributed by atoms with van der Waals surface area (Å²) < 4.78 is 11.7. The molecule has 3 rings (SSSR count). The molecule has 2 saturated heterocycles. The number of carbonyl (C=O) groups excluding carboxylic acids is 2. The van der Waals surface area contributed by atoms with Gasteiger partial charge in [0.25, 0.3) is 0 Å². The maximum atomic E-state index is 12.6. The molecule has 134 valence electrons. The van der Waals surface area contributed by atoms with Gasteiger partial charge in [-0.3, -0.25) is 4.79 Å². The van der Waals surface area contributed by atoms with Crippen molar-refractivity contribution in [2.45, 2.75) is 50.5 Å². The molecule has 3 aliphatic rings. The predicted octanol–water partition coefficient (Wildman–Crippen LogP) is -0.248. The number of nitrogens with zero attached hydrogens (tertiary/aromatic N) is 1. The molecule has 3 heterocycles. The van der Waals surface area contributed by atoms with E-state index in [0.717, 1.165) is 29.6 Å². The summed E-state index contributed by atoms with van der Waals surface area (Å²) in [5, 5.41) is 21.2. The highest BCUT2D eigenvalue weighted by Gasteiger charge is 2.58. The third kappa shape index (κ3) is 2.29. The maximum absolute atomic E-state index is 12.6. The second kappa shape index (κ2) is 5.28. The van der Waals surface area contributed by atoms with Crippen LogP contribution in [0.25, 0.3) is 0 Å². The van der Waals surface area contributed by atoms with Crippen LogP contribution < -0.4 is 0 Å². The van der Waals surface area contributed by atoms with Crippen LogP contribution in [0.1, 0.15) is 27.2 Å². The smallest absolute Gasteiger partial charge is 0.341 e. The number of rotatable bonds is 0. The van der Waals surface area contributed by atoms with Crippen LogP contribution in [0, 0.1) is 5.92 Å². The van der Waals surface area contributed by atoms with E-state index in [1.807, 2.05) is 6.08 Å². The zero-order valence-electron chi connectivity index (χ0n) is 14.6. The fraction of sp³-hybridized carbons (Fsp3) is 0.765. The zero-order valence-corrected chi connectivity index (χ0v) is 14.6. The number of quaternary nitrogens is 1. The molecule has 6 atom stereocenters. The highest BCUT2D eigenvalue weighted by molar-refractivity contribution is 5.83. The average molecular weight is 340 g/mol. The molecular formula is C17H26NO6+. The Morgan fingerprint density at radius 1 is 1.29 bits per heavy atom. The number of esters is 2. The maximum Gasteiger partial charge on any atom is 0.341 e. The largest absolute Gasteiger partial charge is 0.459 e. The fourth-order valence-electron chi connectivity index (χ4n) is 4.08. The minimum atomic E-state index is -2.22. The Morgan fingerprint density at radius 3 is 2.62 bits per heavy atom. The number of aliphatic hydroxyl groups is 2. The van der Waals surface area contributed by atoms with Gasteiger partial charge in [0.15, 0.2) is 17.7 Å². The van der Waals surface area contributed by atoms with Crippen molar-refractivity contribution in [3.63, 3.8) is 0 Å². The number of cyclic esters (lactones) is 1. The van der Waals surface area contributed by atoms with Crippen LogP contribution in [-0.2, 0) is 19.1 Å². The number of hydrogen-bond acceptors (Lipinski definition) is 6. The van der Waals surface area contributed by atoms with Crippen LogP contribution >= 0.6 is 0 Å². The standard InChI is InChI=1S/C17H26NO6/c1-10-14(19)24-12-6-8-18(4)7-5-11(13(12)18)9-23-15(20)17(3,22)16(10,2)21/h5,10,12-13,21-22H,6-9H2,1-4H3/q+1/t10-,12-,13-,16+,17-,18?/m1/s1. The van der Waals surface area contributed by atoms with Crippen LogP contribution in [0.3, 0.4) is 0 Å². The molecule has 7 heteroatoms. The summed E-state index contributed by atoms with van der Waals surface area (Å²) in [6.45, 7) is 5.59. The molecule has 0 amide bonds. The van der Waals surface area contributed by atoms with Crippen LogP contribution in [0.5, 0.6) is 0 Å². The molecule has 7 nitrogen and oxygen atoms in total. The lowest BCUT2D eigenvalue weighted by Crippen LogP contribution is -2.61. The molecule has 24 heavy (non-hydrogen) atoms. The topological polar surface area (TPSA) is 93.1 Å². The Labute approximate surface area is 141 Å². The molecule has 1 unspecified atom stereocenters. The van der Waals surface area contributed by atoms with E-state index in [9.17, 15) is 19.8 Å². The fourth-order valence-corrected chi connectivity index (χ4v) is 4.08. The Kier molecular flexibility index (Phi) is 3.82. The van der Waals surface area contributed by atoms with Gasteiger partial charge in [-0.15, -0.1) is 0 Å². The van der Waals surface area contributed by atoms with Crippen molar-refractivity contribution in [2.24, 2.45) is 5.92 Å². The second-order valence-corrected chi connectivity index (χ2v) is 7.89. The normalized spacial score (nSPS) is 48.9. The Morgan fingerprint density at radius 2 is 1.96 bits per heavy atom. The van der Waals surface area contributed by atoms with Gasteiger partial charge >= 0.3 is 11.9 Å². The van der Waals surface area contributed by atoms with Crippen molar-refractivity contribution in [1.29, 1.82) is 0 Å². The Bertz CT molecular complexity index is 610. The first kappa shape index (κ1) is 17.4. The molecule has 0 aromatic heterocycles. The molecule has 0 aromatic rings. The van der Waals surface area contributed by atoms with Crippen molar-refractivity contribution in [3.05, 3.63) is 11.6 Å². The average Bonchev–Trinajstić information content (AvgIpc) is 2.99. The molecular weight excluding hydrogens is 314 g/mol.